The summed E-state index contributed by atoms with van der Waals surface area (Å²) in [5.41, 5.74) is 2.02. The summed E-state index contributed by atoms with van der Waals surface area (Å²) in [6.45, 7) is 3.58. The highest BCUT2D eigenvalue weighted by atomic mass is 16.5. The average molecular weight is 385 g/mol. The third-order valence-electron chi connectivity index (χ3n) is 4.41. The first-order valence-corrected chi connectivity index (χ1v) is 9.24. The number of ether oxygens (including phenoxy) is 2. The van der Waals surface area contributed by atoms with Gasteiger partial charge < -0.3 is 19.9 Å². The average Bonchev–Trinajstić information content (AvgIpc) is 2.66. The van der Waals surface area contributed by atoms with Crippen molar-refractivity contribution in [1.29, 1.82) is 0 Å². The van der Waals surface area contributed by atoms with Crippen molar-refractivity contribution in [1.82, 2.24) is 5.32 Å². The van der Waals surface area contributed by atoms with Gasteiger partial charge in [-0.15, -0.1) is 0 Å². The summed E-state index contributed by atoms with van der Waals surface area (Å²) in [6.07, 6.45) is 1.18. The molecule has 0 aromatic heterocycles. The lowest BCUT2D eigenvalue weighted by atomic mass is 9.96. The maximum absolute atomic E-state index is 12.4. The Morgan fingerprint density at radius 2 is 1.75 bits per heavy atom. The van der Waals surface area contributed by atoms with E-state index in [4.69, 9.17) is 14.6 Å². The Morgan fingerprint density at radius 1 is 1.07 bits per heavy atom. The number of methoxy groups -OCH3 is 1. The number of nitrogens with one attached hydrogen (secondary N) is 1. The van der Waals surface area contributed by atoms with Gasteiger partial charge >= 0.3 is 5.97 Å². The number of carbonyl (C=O) groups is 2. The highest BCUT2D eigenvalue weighted by Gasteiger charge is 2.15. The van der Waals surface area contributed by atoms with Crippen LogP contribution < -0.4 is 14.8 Å². The molecular weight excluding hydrogens is 358 g/mol. The number of carbonyl (C=O) groups excluding carboxylic acids is 1. The van der Waals surface area contributed by atoms with Gasteiger partial charge in [0.2, 0.25) is 5.91 Å². The first-order chi connectivity index (χ1) is 13.4. The molecular formula is C22H27NO5. The van der Waals surface area contributed by atoms with E-state index in [1.807, 2.05) is 50.2 Å². The standard InChI is InChI=1S/C22H27NO5/c1-15(12-18-6-4-5-7-20(18)27-3)13-21(24)23-16(2)17-8-10-19(11-9-17)28-14-22(25)26/h4-11,15-16H,12-14H2,1-3H3,(H,23,24)(H,25,26). The number of aliphatic carboxylic acids is 1. The maximum atomic E-state index is 12.4. The van der Waals surface area contributed by atoms with Crippen LogP contribution in [0.15, 0.2) is 48.5 Å². The first kappa shape index (κ1) is 21.3. The van der Waals surface area contributed by atoms with Crippen LogP contribution in [0.5, 0.6) is 11.5 Å². The Balaban J connectivity index is 1.85. The van der Waals surface area contributed by atoms with Crippen LogP contribution in [0.3, 0.4) is 0 Å². The molecule has 0 saturated carbocycles. The third kappa shape index (κ3) is 6.61. The zero-order valence-corrected chi connectivity index (χ0v) is 16.5. The van der Waals surface area contributed by atoms with Gasteiger partial charge in [-0.25, -0.2) is 4.79 Å². The zero-order valence-electron chi connectivity index (χ0n) is 16.5. The third-order valence-corrected chi connectivity index (χ3v) is 4.41. The van der Waals surface area contributed by atoms with Gasteiger partial charge in [-0.2, -0.15) is 0 Å². The summed E-state index contributed by atoms with van der Waals surface area (Å²) < 4.78 is 10.5. The molecule has 0 aliphatic rings. The van der Waals surface area contributed by atoms with Crippen molar-refractivity contribution >= 4 is 11.9 Å². The fourth-order valence-corrected chi connectivity index (χ4v) is 3.02. The molecule has 2 atom stereocenters. The van der Waals surface area contributed by atoms with E-state index in [1.165, 1.54) is 0 Å². The largest absolute Gasteiger partial charge is 0.496 e. The molecule has 1 amide bonds. The molecule has 0 heterocycles. The van der Waals surface area contributed by atoms with Gasteiger partial charge in [-0.1, -0.05) is 37.3 Å². The number of carboxylic acid groups (broad SMARTS) is 1. The quantitative estimate of drug-likeness (QED) is 0.653. The second-order valence-corrected chi connectivity index (χ2v) is 6.87. The highest BCUT2D eigenvalue weighted by Crippen LogP contribution is 2.23. The Hall–Kier alpha value is -3.02. The van der Waals surface area contributed by atoms with Crippen LogP contribution in [0.4, 0.5) is 0 Å². The fourth-order valence-electron chi connectivity index (χ4n) is 3.02. The van der Waals surface area contributed by atoms with Crippen molar-refractivity contribution in [3.63, 3.8) is 0 Å². The Morgan fingerprint density at radius 3 is 2.39 bits per heavy atom. The van der Waals surface area contributed by atoms with E-state index in [0.29, 0.717) is 12.2 Å². The lowest BCUT2D eigenvalue weighted by molar-refractivity contribution is -0.139. The molecule has 0 aliphatic heterocycles. The smallest absolute Gasteiger partial charge is 0.341 e. The van der Waals surface area contributed by atoms with Gasteiger partial charge in [0.25, 0.3) is 0 Å². The van der Waals surface area contributed by atoms with E-state index in [0.717, 1.165) is 23.3 Å². The highest BCUT2D eigenvalue weighted by molar-refractivity contribution is 5.76. The molecule has 2 N–H and O–H groups in total. The Labute approximate surface area is 165 Å². The molecule has 28 heavy (non-hydrogen) atoms. The van der Waals surface area contributed by atoms with Gasteiger partial charge in [0, 0.05) is 6.42 Å². The topological polar surface area (TPSA) is 84.9 Å². The number of hydrogen-bond donors (Lipinski definition) is 2. The van der Waals surface area contributed by atoms with Crippen LogP contribution in [-0.4, -0.2) is 30.7 Å². The number of benzene rings is 2. The number of rotatable bonds is 10. The van der Waals surface area contributed by atoms with Gasteiger partial charge in [-0.05, 0) is 48.6 Å². The van der Waals surface area contributed by atoms with Crippen molar-refractivity contribution in [2.75, 3.05) is 13.7 Å². The minimum absolute atomic E-state index is 0.0129. The van der Waals surface area contributed by atoms with Crippen molar-refractivity contribution < 1.29 is 24.2 Å². The van der Waals surface area contributed by atoms with Crippen LogP contribution in [0.2, 0.25) is 0 Å². The van der Waals surface area contributed by atoms with E-state index in [2.05, 4.69) is 5.32 Å². The van der Waals surface area contributed by atoms with E-state index in [1.54, 1.807) is 19.2 Å². The number of carboxylic acids is 1. The summed E-state index contributed by atoms with van der Waals surface area (Å²) in [6, 6.07) is 14.7. The van der Waals surface area contributed by atoms with Crippen molar-refractivity contribution in [3.05, 3.63) is 59.7 Å². The summed E-state index contributed by atoms with van der Waals surface area (Å²) in [4.78, 5) is 22.9. The fraction of sp³-hybridized carbons (Fsp3) is 0.364. The van der Waals surface area contributed by atoms with Gasteiger partial charge in [-0.3, -0.25) is 4.79 Å². The van der Waals surface area contributed by atoms with E-state index >= 15 is 0 Å². The number of para-hydroxylation sites is 1. The molecule has 0 spiro atoms. The van der Waals surface area contributed by atoms with Crippen LogP contribution in [0.25, 0.3) is 0 Å². The van der Waals surface area contributed by atoms with Crippen molar-refractivity contribution in [2.24, 2.45) is 5.92 Å². The van der Waals surface area contributed by atoms with Crippen LogP contribution in [0.1, 0.15) is 37.4 Å². The Kier molecular flexibility index (Phi) is 7.87. The molecule has 6 nitrogen and oxygen atoms in total. The second-order valence-electron chi connectivity index (χ2n) is 6.87. The predicted octanol–water partition coefficient (Wildman–Crippen LogP) is 3.60. The molecule has 150 valence electrons. The molecule has 2 aromatic rings. The van der Waals surface area contributed by atoms with Gasteiger partial charge in [0.05, 0.1) is 13.2 Å². The first-order valence-electron chi connectivity index (χ1n) is 9.24. The lowest BCUT2D eigenvalue weighted by Crippen LogP contribution is -2.28. The zero-order chi connectivity index (χ0) is 20.5. The van der Waals surface area contributed by atoms with Crippen LogP contribution in [0, 0.1) is 5.92 Å². The molecule has 0 radical (unpaired) electrons. The van der Waals surface area contributed by atoms with Crippen molar-refractivity contribution in [3.8, 4) is 11.5 Å². The molecule has 0 saturated heterocycles. The molecule has 0 fully saturated rings. The normalized spacial score (nSPS) is 12.7. The Bertz CT molecular complexity index is 788. The van der Waals surface area contributed by atoms with Crippen molar-refractivity contribution in [2.45, 2.75) is 32.7 Å². The van der Waals surface area contributed by atoms with E-state index in [-0.39, 0.29) is 24.5 Å². The second kappa shape index (κ2) is 10.3. The predicted molar refractivity (Wildman–Crippen MR) is 107 cm³/mol. The summed E-state index contributed by atoms with van der Waals surface area (Å²) >= 11 is 0. The summed E-state index contributed by atoms with van der Waals surface area (Å²) in [5.74, 6) is 0.465. The summed E-state index contributed by atoms with van der Waals surface area (Å²) in [5, 5.41) is 11.6. The lowest BCUT2D eigenvalue weighted by Gasteiger charge is -2.18. The minimum Gasteiger partial charge on any atom is -0.496 e. The monoisotopic (exact) mass is 385 g/mol. The minimum atomic E-state index is -1.02. The number of amides is 1. The van der Waals surface area contributed by atoms with Crippen LogP contribution >= 0.6 is 0 Å². The van der Waals surface area contributed by atoms with Gasteiger partial charge in [0.1, 0.15) is 11.5 Å². The molecule has 0 aliphatic carbocycles. The SMILES string of the molecule is COc1ccccc1CC(C)CC(=O)NC(C)c1ccc(OCC(=O)O)cc1. The van der Waals surface area contributed by atoms with Gasteiger partial charge in [0.15, 0.2) is 6.61 Å². The maximum Gasteiger partial charge on any atom is 0.341 e. The van der Waals surface area contributed by atoms with E-state index in [9.17, 15) is 9.59 Å². The van der Waals surface area contributed by atoms with Crippen LogP contribution in [-0.2, 0) is 16.0 Å². The molecule has 0 bridgehead atoms. The number of hydrogen-bond acceptors (Lipinski definition) is 4. The molecule has 2 rings (SSSR count). The molecule has 6 heteroatoms. The van der Waals surface area contributed by atoms with E-state index < -0.39 is 5.97 Å². The summed E-state index contributed by atoms with van der Waals surface area (Å²) in [7, 11) is 1.65. The molecule has 2 unspecified atom stereocenters. The molecule has 2 aromatic carbocycles.